The molecule has 0 bridgehead atoms. The summed E-state index contributed by atoms with van der Waals surface area (Å²) in [7, 11) is 3.02. The Balaban J connectivity index is 2.00. The summed E-state index contributed by atoms with van der Waals surface area (Å²) in [5, 5.41) is 7.08. The molecular formula is C19H22Cl2N2O3. The van der Waals surface area contributed by atoms with Gasteiger partial charge in [-0.05, 0) is 31.0 Å². The first kappa shape index (κ1) is 20.2. The average molecular weight is 397 g/mol. The second-order valence-corrected chi connectivity index (χ2v) is 6.67. The first-order valence-electron chi connectivity index (χ1n) is 8.07. The van der Waals surface area contributed by atoms with Crippen molar-refractivity contribution in [1.82, 2.24) is 0 Å². The van der Waals surface area contributed by atoms with Gasteiger partial charge in [-0.3, -0.25) is 4.79 Å². The van der Waals surface area contributed by atoms with Crippen LogP contribution in [0.5, 0.6) is 11.5 Å². The maximum absolute atomic E-state index is 12.3. The van der Waals surface area contributed by atoms with Crippen LogP contribution in [-0.4, -0.2) is 26.7 Å². The van der Waals surface area contributed by atoms with Crippen LogP contribution in [0.25, 0.3) is 0 Å². The normalized spacial score (nSPS) is 10.4. The Morgan fingerprint density at radius 1 is 1.00 bits per heavy atom. The molecule has 2 N–H and O–H groups in total. The van der Waals surface area contributed by atoms with E-state index in [4.69, 9.17) is 32.7 Å². The Kier molecular flexibility index (Phi) is 7.00. The molecule has 5 nitrogen and oxygen atoms in total. The molecule has 2 aromatic carbocycles. The van der Waals surface area contributed by atoms with E-state index in [2.05, 4.69) is 10.6 Å². The summed E-state index contributed by atoms with van der Waals surface area (Å²) >= 11 is 12.3. The van der Waals surface area contributed by atoms with Crippen molar-refractivity contribution in [2.24, 2.45) is 0 Å². The molecule has 0 saturated carbocycles. The Hall–Kier alpha value is -2.11. The number of amides is 1. The van der Waals surface area contributed by atoms with Gasteiger partial charge in [0.25, 0.3) is 0 Å². The Morgan fingerprint density at radius 2 is 1.69 bits per heavy atom. The predicted molar refractivity (Wildman–Crippen MR) is 107 cm³/mol. The van der Waals surface area contributed by atoms with Gasteiger partial charge < -0.3 is 20.1 Å². The molecule has 2 aromatic rings. The lowest BCUT2D eigenvalue weighted by molar-refractivity contribution is -0.116. The van der Waals surface area contributed by atoms with Crippen molar-refractivity contribution >= 4 is 40.5 Å². The average Bonchev–Trinajstić information content (AvgIpc) is 2.58. The molecule has 140 valence electrons. The first-order valence-corrected chi connectivity index (χ1v) is 8.83. The van der Waals surface area contributed by atoms with Crippen molar-refractivity contribution in [1.29, 1.82) is 0 Å². The van der Waals surface area contributed by atoms with E-state index in [1.807, 2.05) is 26.0 Å². The number of anilines is 2. The highest BCUT2D eigenvalue weighted by atomic mass is 35.5. The Labute approximate surface area is 163 Å². The quantitative estimate of drug-likeness (QED) is 0.685. The van der Waals surface area contributed by atoms with Crippen LogP contribution in [0.2, 0.25) is 10.0 Å². The maximum atomic E-state index is 12.3. The van der Waals surface area contributed by atoms with E-state index in [0.29, 0.717) is 33.8 Å². The summed E-state index contributed by atoms with van der Waals surface area (Å²) < 4.78 is 10.4. The van der Waals surface area contributed by atoms with Crippen LogP contribution in [-0.2, 0) is 4.79 Å². The minimum atomic E-state index is -0.166. The molecule has 0 radical (unpaired) electrons. The summed E-state index contributed by atoms with van der Waals surface area (Å²) in [5.74, 6) is 0.763. The van der Waals surface area contributed by atoms with E-state index in [1.165, 1.54) is 14.2 Å². The number of ether oxygens (including phenoxy) is 2. The fourth-order valence-electron chi connectivity index (χ4n) is 2.61. The van der Waals surface area contributed by atoms with Crippen LogP contribution in [0, 0.1) is 13.8 Å². The number of rotatable bonds is 7. The lowest BCUT2D eigenvalue weighted by Gasteiger charge is -2.14. The molecule has 0 spiro atoms. The third-order valence-electron chi connectivity index (χ3n) is 3.83. The number of carbonyl (C=O) groups excluding carboxylic acids is 1. The second kappa shape index (κ2) is 9.01. The Bertz CT molecular complexity index is 787. The lowest BCUT2D eigenvalue weighted by atomic mass is 10.1. The molecule has 0 unspecified atom stereocenters. The zero-order chi connectivity index (χ0) is 19.3. The molecule has 2 rings (SSSR count). The van der Waals surface area contributed by atoms with Gasteiger partial charge in [0, 0.05) is 25.1 Å². The molecular weight excluding hydrogens is 375 g/mol. The van der Waals surface area contributed by atoms with Gasteiger partial charge in [0.2, 0.25) is 5.91 Å². The summed E-state index contributed by atoms with van der Waals surface area (Å²) in [5.41, 5.74) is 3.48. The van der Waals surface area contributed by atoms with Crippen molar-refractivity contribution in [2.75, 3.05) is 31.4 Å². The molecule has 0 aliphatic carbocycles. The Morgan fingerprint density at radius 3 is 2.31 bits per heavy atom. The van der Waals surface area contributed by atoms with E-state index in [9.17, 15) is 4.79 Å². The van der Waals surface area contributed by atoms with E-state index in [1.54, 1.807) is 12.1 Å². The van der Waals surface area contributed by atoms with E-state index >= 15 is 0 Å². The lowest BCUT2D eigenvalue weighted by Crippen LogP contribution is -2.17. The molecule has 0 aliphatic rings. The van der Waals surface area contributed by atoms with Gasteiger partial charge in [0.15, 0.2) is 0 Å². The van der Waals surface area contributed by atoms with Crippen molar-refractivity contribution in [3.05, 3.63) is 45.4 Å². The van der Waals surface area contributed by atoms with E-state index < -0.39 is 0 Å². The number of carbonyl (C=O) groups is 1. The summed E-state index contributed by atoms with van der Waals surface area (Å²) in [6, 6.07) is 7.16. The van der Waals surface area contributed by atoms with Crippen molar-refractivity contribution < 1.29 is 14.3 Å². The number of benzene rings is 2. The molecule has 0 aromatic heterocycles. The van der Waals surface area contributed by atoms with Crippen molar-refractivity contribution in [2.45, 2.75) is 20.3 Å². The van der Waals surface area contributed by atoms with E-state index in [-0.39, 0.29) is 12.3 Å². The zero-order valence-corrected chi connectivity index (χ0v) is 16.7. The summed E-state index contributed by atoms with van der Waals surface area (Å²) in [6.07, 6.45) is 0.262. The zero-order valence-electron chi connectivity index (χ0n) is 15.2. The third-order valence-corrected chi connectivity index (χ3v) is 4.43. The molecule has 0 heterocycles. The number of halogens is 2. The monoisotopic (exact) mass is 396 g/mol. The number of hydrogen-bond acceptors (Lipinski definition) is 4. The molecule has 0 aliphatic heterocycles. The predicted octanol–water partition coefficient (Wildman–Crippen LogP) is 5.07. The van der Waals surface area contributed by atoms with Gasteiger partial charge in [-0.25, -0.2) is 0 Å². The van der Waals surface area contributed by atoms with Gasteiger partial charge in [0.1, 0.15) is 11.5 Å². The largest absolute Gasteiger partial charge is 0.495 e. The van der Waals surface area contributed by atoms with Gasteiger partial charge in [-0.1, -0.05) is 29.3 Å². The highest BCUT2D eigenvalue weighted by Crippen LogP contribution is 2.36. The smallest absolute Gasteiger partial charge is 0.226 e. The van der Waals surface area contributed by atoms with Crippen LogP contribution in [0.15, 0.2) is 24.3 Å². The van der Waals surface area contributed by atoms with E-state index in [0.717, 1.165) is 16.8 Å². The number of aryl methyl sites for hydroxylation is 2. The molecule has 1 amide bonds. The fraction of sp³-hybridized carbons (Fsp3) is 0.316. The highest BCUT2D eigenvalue weighted by Gasteiger charge is 2.13. The van der Waals surface area contributed by atoms with Crippen LogP contribution < -0.4 is 20.1 Å². The molecule has 0 atom stereocenters. The number of nitrogens with one attached hydrogen (secondary N) is 2. The summed E-state index contributed by atoms with van der Waals surface area (Å²) in [6.45, 7) is 4.42. The standard InChI is InChI=1S/C19H22Cl2N2O3/c1-11-7-12(2)19(14(21)8-11)22-6-5-18(24)23-15-10-16(25-3)13(20)9-17(15)26-4/h7-10,22H,5-6H2,1-4H3,(H,23,24). The number of hydrogen-bond donors (Lipinski definition) is 2. The fourth-order valence-corrected chi connectivity index (χ4v) is 3.23. The van der Waals surface area contributed by atoms with Crippen LogP contribution in [0.1, 0.15) is 17.5 Å². The second-order valence-electron chi connectivity index (χ2n) is 5.85. The van der Waals surface area contributed by atoms with Gasteiger partial charge in [0.05, 0.1) is 35.6 Å². The van der Waals surface area contributed by atoms with Gasteiger partial charge in [-0.15, -0.1) is 0 Å². The van der Waals surface area contributed by atoms with Crippen molar-refractivity contribution in [3.8, 4) is 11.5 Å². The van der Waals surface area contributed by atoms with Crippen LogP contribution in [0.3, 0.4) is 0 Å². The molecule has 7 heteroatoms. The van der Waals surface area contributed by atoms with Gasteiger partial charge in [-0.2, -0.15) is 0 Å². The minimum absolute atomic E-state index is 0.166. The molecule has 0 saturated heterocycles. The van der Waals surface area contributed by atoms with Gasteiger partial charge >= 0.3 is 0 Å². The minimum Gasteiger partial charge on any atom is -0.495 e. The first-order chi connectivity index (χ1) is 12.3. The van der Waals surface area contributed by atoms with Crippen LogP contribution >= 0.6 is 23.2 Å². The maximum Gasteiger partial charge on any atom is 0.226 e. The third kappa shape index (κ3) is 4.96. The topological polar surface area (TPSA) is 59.6 Å². The molecule has 0 fully saturated rings. The number of methoxy groups -OCH3 is 2. The summed E-state index contributed by atoms with van der Waals surface area (Å²) in [4.78, 5) is 12.3. The highest BCUT2D eigenvalue weighted by molar-refractivity contribution is 6.33. The van der Waals surface area contributed by atoms with Crippen molar-refractivity contribution in [3.63, 3.8) is 0 Å². The van der Waals surface area contributed by atoms with Crippen LogP contribution in [0.4, 0.5) is 11.4 Å². The molecule has 26 heavy (non-hydrogen) atoms. The SMILES string of the molecule is COc1cc(NC(=O)CCNc2c(C)cc(C)cc2Cl)c(OC)cc1Cl.